The van der Waals surface area contributed by atoms with E-state index >= 15 is 0 Å². The van der Waals surface area contributed by atoms with Crippen molar-refractivity contribution in [2.24, 2.45) is 0 Å². The van der Waals surface area contributed by atoms with Crippen molar-refractivity contribution in [2.45, 2.75) is 31.4 Å². The van der Waals surface area contributed by atoms with Crippen LogP contribution in [0.1, 0.15) is 28.9 Å². The van der Waals surface area contributed by atoms with Crippen LogP contribution >= 0.6 is 24.0 Å². The van der Waals surface area contributed by atoms with Gasteiger partial charge < -0.3 is 20.3 Å². The molecule has 3 N–H and O–H groups in total. The van der Waals surface area contributed by atoms with Crippen molar-refractivity contribution in [3.63, 3.8) is 0 Å². The van der Waals surface area contributed by atoms with Crippen LogP contribution in [0.5, 0.6) is 0 Å². The van der Waals surface area contributed by atoms with E-state index in [9.17, 15) is 19.1 Å². The average Bonchev–Trinajstić information content (AvgIpc) is 3.18. The Balaban J connectivity index is 0.00000289. The van der Waals surface area contributed by atoms with Crippen LogP contribution in [-0.4, -0.2) is 57.0 Å². The molecule has 1 saturated heterocycles. The summed E-state index contributed by atoms with van der Waals surface area (Å²) in [4.78, 5) is 34.7. The summed E-state index contributed by atoms with van der Waals surface area (Å²) in [5, 5.41) is 13.6. The normalized spacial score (nSPS) is 15.3. The number of carbonyl (C=O) groups excluding carboxylic acids is 2. The van der Waals surface area contributed by atoms with Crippen molar-refractivity contribution >= 4 is 46.7 Å². The summed E-state index contributed by atoms with van der Waals surface area (Å²) in [6.45, 7) is 0.846. The number of H-pyrrole nitrogens is 1. The van der Waals surface area contributed by atoms with E-state index in [-0.39, 0.29) is 36.2 Å². The van der Waals surface area contributed by atoms with Crippen LogP contribution in [0.3, 0.4) is 0 Å². The standard InChI is InChI=1S/C22H22ClFN4O3.ClH/c23-20-11-14-10-17(26-19(14)12-25-20)21(30)27-18(9-13-1-3-15(24)4-2-13)22(31)28-7-5-16(29)6-8-28;/h1-4,10-12,16,18,26,29H,5-9H2,(H,27,30);1H. The van der Waals surface area contributed by atoms with Crippen LogP contribution in [0, 0.1) is 5.82 Å². The van der Waals surface area contributed by atoms with Crippen molar-refractivity contribution in [1.29, 1.82) is 0 Å². The third kappa shape index (κ3) is 5.56. The number of hydrogen-bond acceptors (Lipinski definition) is 4. The van der Waals surface area contributed by atoms with Gasteiger partial charge in [-0.15, -0.1) is 12.4 Å². The molecule has 0 spiro atoms. The molecule has 3 aromatic rings. The van der Waals surface area contributed by atoms with Crippen molar-refractivity contribution in [2.75, 3.05) is 13.1 Å². The van der Waals surface area contributed by atoms with Gasteiger partial charge in [0.05, 0.1) is 17.8 Å². The zero-order chi connectivity index (χ0) is 22.0. The number of piperidine rings is 1. The number of pyridine rings is 1. The van der Waals surface area contributed by atoms with Crippen LogP contribution < -0.4 is 5.32 Å². The Labute approximate surface area is 195 Å². The molecule has 2 amide bonds. The van der Waals surface area contributed by atoms with Crippen LogP contribution in [0.25, 0.3) is 10.9 Å². The second-order valence-corrected chi connectivity index (χ2v) is 8.08. The molecule has 0 aliphatic carbocycles. The molecule has 32 heavy (non-hydrogen) atoms. The Morgan fingerprint density at radius 2 is 1.94 bits per heavy atom. The number of hydrogen-bond donors (Lipinski definition) is 3. The second-order valence-electron chi connectivity index (χ2n) is 7.69. The van der Waals surface area contributed by atoms with Gasteiger partial charge in [-0.25, -0.2) is 9.37 Å². The van der Waals surface area contributed by atoms with Crippen molar-refractivity contribution in [1.82, 2.24) is 20.2 Å². The Hall–Kier alpha value is -2.68. The predicted molar refractivity (Wildman–Crippen MR) is 122 cm³/mol. The number of nitrogens with one attached hydrogen (secondary N) is 2. The van der Waals surface area contributed by atoms with Gasteiger partial charge in [0.25, 0.3) is 5.91 Å². The monoisotopic (exact) mass is 480 g/mol. The Kier molecular flexibility index (Phi) is 7.71. The van der Waals surface area contributed by atoms with Gasteiger partial charge in [0.2, 0.25) is 5.91 Å². The van der Waals surface area contributed by atoms with Gasteiger partial charge in [0.15, 0.2) is 0 Å². The van der Waals surface area contributed by atoms with E-state index in [0.29, 0.717) is 36.6 Å². The minimum atomic E-state index is -0.832. The topological polar surface area (TPSA) is 98.3 Å². The minimum absolute atomic E-state index is 0. The Morgan fingerprint density at radius 3 is 2.62 bits per heavy atom. The lowest BCUT2D eigenvalue weighted by molar-refractivity contribution is -0.135. The minimum Gasteiger partial charge on any atom is -0.393 e. The molecule has 0 radical (unpaired) electrons. The maximum atomic E-state index is 13.3. The lowest BCUT2D eigenvalue weighted by atomic mass is 10.0. The summed E-state index contributed by atoms with van der Waals surface area (Å²) in [5.74, 6) is -1.04. The van der Waals surface area contributed by atoms with E-state index in [1.54, 1.807) is 29.2 Å². The lowest BCUT2D eigenvalue weighted by Crippen LogP contribution is -2.52. The fourth-order valence-corrected chi connectivity index (χ4v) is 3.89. The molecule has 7 nitrogen and oxygen atoms in total. The number of amides is 2. The molecule has 1 aromatic carbocycles. The third-order valence-electron chi connectivity index (χ3n) is 5.45. The van der Waals surface area contributed by atoms with Gasteiger partial charge in [0.1, 0.15) is 22.7 Å². The summed E-state index contributed by atoms with van der Waals surface area (Å²) in [6.07, 6.45) is 2.34. The first-order chi connectivity index (χ1) is 14.9. The van der Waals surface area contributed by atoms with Gasteiger partial charge in [-0.1, -0.05) is 23.7 Å². The summed E-state index contributed by atoms with van der Waals surface area (Å²) >= 11 is 5.91. The number of rotatable bonds is 5. The highest BCUT2D eigenvalue weighted by Crippen LogP contribution is 2.19. The number of aliphatic hydroxyl groups excluding tert-OH is 1. The van der Waals surface area contributed by atoms with E-state index in [4.69, 9.17) is 11.6 Å². The highest BCUT2D eigenvalue weighted by atomic mass is 35.5. The van der Waals surface area contributed by atoms with Crippen LogP contribution in [0.15, 0.2) is 42.6 Å². The zero-order valence-corrected chi connectivity index (χ0v) is 18.6. The van der Waals surface area contributed by atoms with Crippen LogP contribution in [0.4, 0.5) is 4.39 Å². The van der Waals surface area contributed by atoms with E-state index in [0.717, 1.165) is 10.9 Å². The van der Waals surface area contributed by atoms with Gasteiger partial charge in [-0.2, -0.15) is 0 Å². The van der Waals surface area contributed by atoms with Crippen molar-refractivity contribution in [3.05, 3.63) is 64.8 Å². The molecule has 170 valence electrons. The number of halogens is 3. The molecule has 1 unspecified atom stereocenters. The number of benzene rings is 1. The molecule has 2 aromatic heterocycles. The van der Waals surface area contributed by atoms with Gasteiger partial charge >= 0.3 is 0 Å². The Bertz CT molecular complexity index is 1100. The average molecular weight is 481 g/mol. The number of carbonyl (C=O) groups is 2. The first-order valence-electron chi connectivity index (χ1n) is 10.1. The number of likely N-dealkylation sites (tertiary alicyclic amines) is 1. The first-order valence-corrected chi connectivity index (χ1v) is 10.4. The number of aromatic amines is 1. The lowest BCUT2D eigenvalue weighted by Gasteiger charge is -2.32. The van der Waals surface area contributed by atoms with Crippen LogP contribution in [0.2, 0.25) is 5.15 Å². The number of aromatic nitrogens is 2. The molecule has 4 rings (SSSR count). The summed E-state index contributed by atoms with van der Waals surface area (Å²) in [5.41, 5.74) is 1.66. The molecule has 3 heterocycles. The smallest absolute Gasteiger partial charge is 0.268 e. The van der Waals surface area contributed by atoms with Crippen LogP contribution in [-0.2, 0) is 11.2 Å². The number of nitrogens with zero attached hydrogens (tertiary/aromatic N) is 2. The maximum absolute atomic E-state index is 13.3. The van der Waals surface area contributed by atoms with Gasteiger partial charge in [0, 0.05) is 24.9 Å². The number of fused-ring (bicyclic) bond motifs is 1. The summed E-state index contributed by atoms with van der Waals surface area (Å²) in [6, 6.07) is 8.30. The molecule has 0 saturated carbocycles. The summed E-state index contributed by atoms with van der Waals surface area (Å²) < 4.78 is 13.3. The molecule has 1 fully saturated rings. The van der Waals surface area contributed by atoms with E-state index in [2.05, 4.69) is 15.3 Å². The number of aliphatic hydroxyl groups is 1. The fourth-order valence-electron chi connectivity index (χ4n) is 3.73. The quantitative estimate of drug-likeness (QED) is 0.488. The van der Waals surface area contributed by atoms with E-state index in [1.165, 1.54) is 18.3 Å². The molecular formula is C22H23Cl2FN4O3. The van der Waals surface area contributed by atoms with Crippen molar-refractivity contribution in [3.8, 4) is 0 Å². The maximum Gasteiger partial charge on any atom is 0.268 e. The van der Waals surface area contributed by atoms with Gasteiger partial charge in [-0.05, 0) is 42.7 Å². The van der Waals surface area contributed by atoms with E-state index < -0.39 is 18.1 Å². The van der Waals surface area contributed by atoms with Gasteiger partial charge in [-0.3, -0.25) is 9.59 Å². The Morgan fingerprint density at radius 1 is 1.25 bits per heavy atom. The predicted octanol–water partition coefficient (Wildman–Crippen LogP) is 3.10. The SMILES string of the molecule is Cl.O=C(NC(Cc1ccc(F)cc1)C(=O)N1CCC(O)CC1)c1cc2cc(Cl)ncc2[nH]1. The molecule has 1 aliphatic rings. The highest BCUT2D eigenvalue weighted by Gasteiger charge is 2.29. The molecule has 1 atom stereocenters. The highest BCUT2D eigenvalue weighted by molar-refractivity contribution is 6.30. The van der Waals surface area contributed by atoms with E-state index in [1.807, 2.05) is 0 Å². The summed E-state index contributed by atoms with van der Waals surface area (Å²) in [7, 11) is 0. The van der Waals surface area contributed by atoms with Crippen molar-refractivity contribution < 1.29 is 19.1 Å². The largest absolute Gasteiger partial charge is 0.393 e. The fraction of sp³-hybridized carbons (Fsp3) is 0.318. The first kappa shape index (κ1) is 24.0. The molecule has 0 bridgehead atoms. The zero-order valence-electron chi connectivity index (χ0n) is 17.1. The molecule has 1 aliphatic heterocycles. The molecule has 10 heteroatoms. The second kappa shape index (κ2) is 10.3. The molecular weight excluding hydrogens is 458 g/mol. The third-order valence-corrected chi connectivity index (χ3v) is 5.66.